The number of fused-ring (bicyclic) bond motifs is 1. The summed E-state index contributed by atoms with van der Waals surface area (Å²) in [7, 11) is 0. The maximum absolute atomic E-state index is 14.1. The minimum Gasteiger partial charge on any atom is -0.397 e. The Hall–Kier alpha value is -3.89. The van der Waals surface area contributed by atoms with Crippen LogP contribution in [0.3, 0.4) is 0 Å². The molecule has 8 nitrogen and oxygen atoms in total. The summed E-state index contributed by atoms with van der Waals surface area (Å²) in [6, 6.07) is 5.51. The minimum atomic E-state index is -4.84. The van der Waals surface area contributed by atoms with E-state index in [2.05, 4.69) is 16.5 Å². The van der Waals surface area contributed by atoms with Gasteiger partial charge in [-0.3, -0.25) is 14.2 Å². The van der Waals surface area contributed by atoms with Gasteiger partial charge in [0.05, 0.1) is 16.8 Å². The van der Waals surface area contributed by atoms with Gasteiger partial charge in [0.25, 0.3) is 5.56 Å². The van der Waals surface area contributed by atoms with E-state index in [-0.39, 0.29) is 34.0 Å². The average molecular weight is 458 g/mol. The highest BCUT2D eigenvalue weighted by Gasteiger charge is 2.37. The van der Waals surface area contributed by atoms with E-state index < -0.39 is 17.4 Å². The Balaban J connectivity index is 1.91. The second kappa shape index (κ2) is 8.23. The lowest BCUT2D eigenvalue weighted by molar-refractivity contribution is -0.142. The van der Waals surface area contributed by atoms with Gasteiger partial charge in [-0.05, 0) is 30.7 Å². The summed E-state index contributed by atoms with van der Waals surface area (Å²) >= 11 is 0. The van der Waals surface area contributed by atoms with E-state index in [4.69, 9.17) is 5.73 Å². The van der Waals surface area contributed by atoms with Gasteiger partial charge in [-0.1, -0.05) is 18.7 Å². The summed E-state index contributed by atoms with van der Waals surface area (Å²) in [5.74, 6) is -0.0153. The summed E-state index contributed by atoms with van der Waals surface area (Å²) in [6.45, 7) is 6.41. The van der Waals surface area contributed by atoms with Crippen molar-refractivity contribution in [3.63, 3.8) is 0 Å². The van der Waals surface area contributed by atoms with Gasteiger partial charge in [-0.15, -0.1) is 0 Å². The third kappa shape index (κ3) is 3.90. The summed E-state index contributed by atoms with van der Waals surface area (Å²) < 4.78 is 43.0. The molecule has 0 spiro atoms. The maximum atomic E-state index is 14.1. The van der Waals surface area contributed by atoms with Crippen LogP contribution in [0.4, 0.5) is 24.7 Å². The number of aryl methyl sites for hydroxylation is 1. The van der Waals surface area contributed by atoms with Gasteiger partial charge < -0.3 is 15.5 Å². The first-order valence-electron chi connectivity index (χ1n) is 10.1. The molecule has 0 aliphatic carbocycles. The van der Waals surface area contributed by atoms with Gasteiger partial charge in [-0.25, -0.2) is 9.97 Å². The topological polar surface area (TPSA) is 97.4 Å². The van der Waals surface area contributed by atoms with Crippen LogP contribution in [0.15, 0.2) is 48.0 Å². The lowest BCUT2D eigenvalue weighted by atomic mass is 10.1. The molecule has 172 valence electrons. The molecule has 1 aliphatic rings. The molecular formula is C22H21F3N6O2. The molecule has 1 amide bonds. The van der Waals surface area contributed by atoms with Crippen LogP contribution in [0.5, 0.6) is 0 Å². The quantitative estimate of drug-likeness (QED) is 0.479. The predicted octanol–water partition coefficient (Wildman–Crippen LogP) is 2.52. The highest BCUT2D eigenvalue weighted by molar-refractivity contribution is 5.90. The molecule has 4 rings (SSSR count). The maximum Gasteiger partial charge on any atom is 0.431 e. The smallest absolute Gasteiger partial charge is 0.397 e. The first kappa shape index (κ1) is 22.3. The fourth-order valence-corrected chi connectivity index (χ4v) is 4.04. The Bertz CT molecular complexity index is 1290. The van der Waals surface area contributed by atoms with Gasteiger partial charge in [0.1, 0.15) is 23.4 Å². The summed E-state index contributed by atoms with van der Waals surface area (Å²) in [6.07, 6.45) is -2.48. The van der Waals surface area contributed by atoms with Crippen LogP contribution < -0.4 is 16.2 Å². The van der Waals surface area contributed by atoms with Crippen LogP contribution in [0.25, 0.3) is 16.6 Å². The van der Waals surface area contributed by atoms with E-state index >= 15 is 0 Å². The average Bonchev–Trinajstić information content (AvgIpc) is 2.78. The number of amides is 1. The Labute approximate surface area is 186 Å². The van der Waals surface area contributed by atoms with Crippen molar-refractivity contribution in [1.29, 1.82) is 0 Å². The Morgan fingerprint density at radius 1 is 1.18 bits per heavy atom. The van der Waals surface area contributed by atoms with Crippen LogP contribution in [0, 0.1) is 6.92 Å². The van der Waals surface area contributed by atoms with Gasteiger partial charge in [0.2, 0.25) is 5.91 Å². The van der Waals surface area contributed by atoms with Crippen LogP contribution in [-0.2, 0) is 11.0 Å². The predicted molar refractivity (Wildman–Crippen MR) is 118 cm³/mol. The van der Waals surface area contributed by atoms with E-state index in [9.17, 15) is 22.8 Å². The highest BCUT2D eigenvalue weighted by Crippen LogP contribution is 2.35. The largest absolute Gasteiger partial charge is 0.431 e. The lowest BCUT2D eigenvalue weighted by Crippen LogP contribution is -2.48. The van der Waals surface area contributed by atoms with Crippen molar-refractivity contribution in [1.82, 2.24) is 19.4 Å². The number of nitrogens with two attached hydrogens (primary N) is 1. The molecule has 2 aromatic heterocycles. The number of pyridine rings is 1. The first-order valence-corrected chi connectivity index (χ1v) is 10.1. The van der Waals surface area contributed by atoms with Gasteiger partial charge in [0, 0.05) is 26.2 Å². The molecule has 0 radical (unpaired) electrons. The monoisotopic (exact) mass is 458 g/mol. The van der Waals surface area contributed by atoms with E-state index in [0.717, 1.165) is 12.4 Å². The lowest BCUT2D eigenvalue weighted by Gasteiger charge is -2.35. The molecule has 1 aliphatic heterocycles. The highest BCUT2D eigenvalue weighted by atomic mass is 19.4. The molecule has 2 N–H and O–H groups in total. The zero-order chi connectivity index (χ0) is 23.9. The molecule has 1 aromatic carbocycles. The number of aromatic nitrogens is 3. The van der Waals surface area contributed by atoms with Gasteiger partial charge in [0.15, 0.2) is 0 Å². The van der Waals surface area contributed by atoms with Crippen LogP contribution >= 0.6 is 0 Å². The number of hydrogen-bond donors (Lipinski definition) is 1. The fourth-order valence-electron chi connectivity index (χ4n) is 4.04. The van der Waals surface area contributed by atoms with Crippen molar-refractivity contribution in [2.45, 2.75) is 13.1 Å². The van der Waals surface area contributed by atoms with Crippen molar-refractivity contribution in [2.24, 2.45) is 0 Å². The number of anilines is 2. The number of para-hydroxylation sites is 1. The molecule has 0 atom stereocenters. The number of carbonyl (C=O) groups excluding carboxylic acids is 1. The van der Waals surface area contributed by atoms with Gasteiger partial charge in [-0.2, -0.15) is 13.2 Å². The second-order valence-electron chi connectivity index (χ2n) is 7.66. The molecule has 0 unspecified atom stereocenters. The SMILES string of the molecule is C=CC(=O)N1CCN(c2ncnc3c(=O)n(-c4c(C)cccc4N)c(C(F)(F)F)cc23)CC1. The molecule has 1 fully saturated rings. The first-order chi connectivity index (χ1) is 15.6. The Morgan fingerprint density at radius 2 is 1.88 bits per heavy atom. The summed E-state index contributed by atoms with van der Waals surface area (Å²) in [5, 5.41) is -0.0123. The number of halogens is 3. The summed E-state index contributed by atoms with van der Waals surface area (Å²) in [4.78, 5) is 36.7. The molecule has 1 saturated heterocycles. The van der Waals surface area contributed by atoms with E-state index in [0.29, 0.717) is 36.3 Å². The van der Waals surface area contributed by atoms with Crippen LogP contribution in [0.1, 0.15) is 11.3 Å². The molecule has 33 heavy (non-hydrogen) atoms. The number of rotatable bonds is 3. The Morgan fingerprint density at radius 3 is 2.48 bits per heavy atom. The number of nitrogens with zero attached hydrogens (tertiary/aromatic N) is 5. The minimum absolute atomic E-state index is 0.0123. The van der Waals surface area contributed by atoms with Crippen molar-refractivity contribution in [3.05, 3.63) is 64.9 Å². The number of alkyl halides is 3. The summed E-state index contributed by atoms with van der Waals surface area (Å²) in [5.41, 5.74) is 4.13. The van der Waals surface area contributed by atoms with Crippen LogP contribution in [0.2, 0.25) is 0 Å². The molecule has 11 heteroatoms. The van der Waals surface area contributed by atoms with Crippen molar-refractivity contribution in [2.75, 3.05) is 36.8 Å². The molecule has 0 saturated carbocycles. The van der Waals surface area contributed by atoms with E-state index in [1.165, 1.54) is 12.1 Å². The van der Waals surface area contributed by atoms with Crippen molar-refractivity contribution in [3.8, 4) is 5.69 Å². The van der Waals surface area contributed by atoms with Crippen molar-refractivity contribution < 1.29 is 18.0 Å². The molecule has 3 aromatic rings. The number of piperazine rings is 1. The normalized spacial score (nSPS) is 14.5. The molecule has 0 bridgehead atoms. The number of nitrogen functional groups attached to an aromatic ring is 1. The zero-order valence-electron chi connectivity index (χ0n) is 17.8. The van der Waals surface area contributed by atoms with Gasteiger partial charge >= 0.3 is 6.18 Å². The third-order valence-corrected chi connectivity index (χ3v) is 5.64. The zero-order valence-corrected chi connectivity index (χ0v) is 17.8. The van der Waals surface area contributed by atoms with E-state index in [1.807, 2.05) is 0 Å². The molecular weight excluding hydrogens is 437 g/mol. The number of hydrogen-bond acceptors (Lipinski definition) is 6. The standard InChI is InChI=1S/C22H21F3N6O2/c1-3-17(32)29-7-9-30(10-8-29)20-14-11-16(22(23,24)25)31(21(33)18(14)27-12-28-20)19-13(2)5-4-6-15(19)26/h3-6,11-12H,1,7-10,26H2,2H3. The Kier molecular flexibility index (Phi) is 5.56. The molecule has 3 heterocycles. The third-order valence-electron chi connectivity index (χ3n) is 5.64. The fraction of sp³-hybridized carbons (Fsp3) is 0.273. The van der Waals surface area contributed by atoms with Crippen LogP contribution in [-0.4, -0.2) is 51.5 Å². The van der Waals surface area contributed by atoms with Crippen molar-refractivity contribution >= 4 is 28.3 Å². The number of benzene rings is 1. The number of carbonyl (C=O) groups is 1. The van der Waals surface area contributed by atoms with E-state index in [1.54, 1.807) is 28.9 Å². The second-order valence-corrected chi connectivity index (χ2v) is 7.66.